The number of carbonyl (C=O) groups excluding carboxylic acids is 1. The van der Waals surface area contributed by atoms with Gasteiger partial charge < -0.3 is 9.88 Å². The molecule has 0 saturated heterocycles. The maximum absolute atomic E-state index is 12.0. The molecule has 1 aromatic heterocycles. The number of nitrogens with zero attached hydrogens (tertiary/aromatic N) is 1. The van der Waals surface area contributed by atoms with Gasteiger partial charge in [-0.25, -0.2) is 0 Å². The topological polar surface area (TPSA) is 34.0 Å². The summed E-state index contributed by atoms with van der Waals surface area (Å²) in [6.45, 7) is 2.96. The first-order valence-corrected chi connectivity index (χ1v) is 6.73. The van der Waals surface area contributed by atoms with Gasteiger partial charge in [0.1, 0.15) is 0 Å². The monoisotopic (exact) mass is 240 g/mol. The van der Waals surface area contributed by atoms with E-state index in [4.69, 9.17) is 0 Å². The fourth-order valence-electron chi connectivity index (χ4n) is 3.46. The van der Waals surface area contributed by atoms with E-state index in [0.29, 0.717) is 12.2 Å². The lowest BCUT2D eigenvalue weighted by atomic mass is 10.0. The number of aryl methyl sites for hydroxylation is 1. The van der Waals surface area contributed by atoms with Crippen LogP contribution in [0.5, 0.6) is 0 Å². The summed E-state index contributed by atoms with van der Waals surface area (Å²) in [5.74, 6) is 0.305. The highest BCUT2D eigenvalue weighted by molar-refractivity contribution is 6.09. The van der Waals surface area contributed by atoms with E-state index < -0.39 is 0 Å². The Balaban J connectivity index is 2.11. The predicted molar refractivity (Wildman–Crippen MR) is 71.2 cm³/mol. The van der Waals surface area contributed by atoms with E-state index in [2.05, 4.69) is 16.0 Å². The van der Waals surface area contributed by atoms with E-state index >= 15 is 0 Å². The fourth-order valence-corrected chi connectivity index (χ4v) is 3.46. The molecule has 0 saturated carbocycles. The molecule has 0 spiro atoms. The number of para-hydroxylation sites is 1. The van der Waals surface area contributed by atoms with E-state index in [1.807, 2.05) is 12.1 Å². The molecule has 3 heterocycles. The summed E-state index contributed by atoms with van der Waals surface area (Å²) in [6, 6.07) is 6.19. The van der Waals surface area contributed by atoms with Gasteiger partial charge >= 0.3 is 0 Å². The number of hydrogen-bond donors (Lipinski definition) is 1. The number of carbonyl (C=O) groups is 1. The Morgan fingerprint density at radius 3 is 2.94 bits per heavy atom. The molecule has 2 aromatic rings. The van der Waals surface area contributed by atoms with Gasteiger partial charge in [0.15, 0.2) is 5.78 Å². The van der Waals surface area contributed by atoms with Crippen LogP contribution in [-0.4, -0.2) is 23.4 Å². The van der Waals surface area contributed by atoms with Crippen LogP contribution in [0, 0.1) is 0 Å². The summed E-state index contributed by atoms with van der Waals surface area (Å²) in [5, 5.41) is 4.76. The first-order valence-electron chi connectivity index (χ1n) is 6.73. The third-order valence-corrected chi connectivity index (χ3v) is 4.26. The molecule has 4 rings (SSSR count). The van der Waals surface area contributed by atoms with Crippen molar-refractivity contribution in [2.24, 2.45) is 0 Å². The highest BCUT2D eigenvalue weighted by Gasteiger charge is 2.25. The van der Waals surface area contributed by atoms with E-state index in [-0.39, 0.29) is 0 Å². The molecule has 0 bridgehead atoms. The number of Topliss-reactive ketones (excluding diaryl/α,β-unsaturated/α-hetero) is 1. The van der Waals surface area contributed by atoms with Gasteiger partial charge in [0.05, 0.1) is 5.52 Å². The Bertz CT molecular complexity index is 654. The molecule has 1 N–H and O–H groups in total. The quantitative estimate of drug-likeness (QED) is 0.763. The van der Waals surface area contributed by atoms with Crippen molar-refractivity contribution in [2.75, 3.05) is 13.1 Å². The SMILES string of the molecule is O=C1CCn2c3c(c4cccc1c42)CCNCC3. The molecule has 0 unspecified atom stereocenters. The molecule has 92 valence electrons. The minimum atomic E-state index is 0.305. The largest absolute Gasteiger partial charge is 0.343 e. The molecule has 0 atom stereocenters. The van der Waals surface area contributed by atoms with Gasteiger partial charge in [-0.05, 0) is 24.6 Å². The van der Waals surface area contributed by atoms with Crippen LogP contribution in [0.2, 0.25) is 0 Å². The average Bonchev–Trinajstić information content (AvgIpc) is 2.57. The second kappa shape index (κ2) is 3.69. The summed E-state index contributed by atoms with van der Waals surface area (Å²) in [4.78, 5) is 12.0. The Hall–Kier alpha value is -1.61. The smallest absolute Gasteiger partial charge is 0.166 e. The molecule has 0 fully saturated rings. The van der Waals surface area contributed by atoms with Crippen molar-refractivity contribution in [1.82, 2.24) is 9.88 Å². The number of nitrogens with one attached hydrogen (secondary N) is 1. The minimum absolute atomic E-state index is 0.305. The molecule has 1 aromatic carbocycles. The molecule has 3 nitrogen and oxygen atoms in total. The van der Waals surface area contributed by atoms with E-state index in [9.17, 15) is 4.79 Å². The van der Waals surface area contributed by atoms with Gasteiger partial charge in [0, 0.05) is 42.6 Å². The Labute approximate surface area is 106 Å². The number of fused-ring (bicyclic) bond motifs is 3. The zero-order chi connectivity index (χ0) is 12.1. The van der Waals surface area contributed by atoms with Crippen LogP contribution in [0.15, 0.2) is 18.2 Å². The molecule has 2 aliphatic heterocycles. The van der Waals surface area contributed by atoms with Crippen LogP contribution in [0.25, 0.3) is 10.9 Å². The van der Waals surface area contributed by atoms with Crippen LogP contribution >= 0.6 is 0 Å². The molecular formula is C15H16N2O. The summed E-state index contributed by atoms with van der Waals surface area (Å²) >= 11 is 0. The Kier molecular flexibility index (Phi) is 2.12. The number of ketones is 1. The van der Waals surface area contributed by atoms with Crippen molar-refractivity contribution in [3.8, 4) is 0 Å². The zero-order valence-electron chi connectivity index (χ0n) is 10.3. The van der Waals surface area contributed by atoms with Crippen molar-refractivity contribution in [2.45, 2.75) is 25.8 Å². The first-order chi connectivity index (χ1) is 8.86. The normalized spacial score (nSPS) is 18.8. The maximum Gasteiger partial charge on any atom is 0.166 e. The van der Waals surface area contributed by atoms with Crippen LogP contribution in [-0.2, 0) is 19.4 Å². The lowest BCUT2D eigenvalue weighted by molar-refractivity contribution is 0.0973. The molecular weight excluding hydrogens is 224 g/mol. The van der Waals surface area contributed by atoms with Gasteiger partial charge in [-0.1, -0.05) is 12.1 Å². The lowest BCUT2D eigenvalue weighted by Crippen LogP contribution is -2.19. The van der Waals surface area contributed by atoms with Crippen molar-refractivity contribution in [3.05, 3.63) is 35.0 Å². The number of rotatable bonds is 0. The number of hydrogen-bond acceptors (Lipinski definition) is 2. The van der Waals surface area contributed by atoms with Gasteiger partial charge in [0.25, 0.3) is 0 Å². The van der Waals surface area contributed by atoms with E-state index in [1.165, 1.54) is 22.2 Å². The summed E-state index contributed by atoms with van der Waals surface area (Å²) in [6.07, 6.45) is 2.81. The van der Waals surface area contributed by atoms with Gasteiger partial charge in [-0.2, -0.15) is 0 Å². The van der Waals surface area contributed by atoms with Crippen molar-refractivity contribution in [1.29, 1.82) is 0 Å². The fraction of sp³-hybridized carbons (Fsp3) is 0.400. The Morgan fingerprint density at radius 2 is 2.00 bits per heavy atom. The highest BCUT2D eigenvalue weighted by Crippen LogP contribution is 2.33. The summed E-state index contributed by atoms with van der Waals surface area (Å²) in [5.41, 5.74) is 5.04. The van der Waals surface area contributed by atoms with Crippen LogP contribution in [0.1, 0.15) is 28.0 Å². The van der Waals surface area contributed by atoms with E-state index in [0.717, 1.165) is 38.0 Å². The van der Waals surface area contributed by atoms with Crippen LogP contribution in [0.3, 0.4) is 0 Å². The molecule has 2 aliphatic rings. The Morgan fingerprint density at radius 1 is 1.11 bits per heavy atom. The molecule has 18 heavy (non-hydrogen) atoms. The predicted octanol–water partition coefficient (Wildman–Crippen LogP) is 1.92. The van der Waals surface area contributed by atoms with Crippen molar-refractivity contribution >= 4 is 16.7 Å². The summed E-state index contributed by atoms with van der Waals surface area (Å²) in [7, 11) is 0. The molecule has 0 radical (unpaired) electrons. The average molecular weight is 240 g/mol. The van der Waals surface area contributed by atoms with Crippen molar-refractivity contribution in [3.63, 3.8) is 0 Å². The van der Waals surface area contributed by atoms with E-state index in [1.54, 1.807) is 0 Å². The zero-order valence-corrected chi connectivity index (χ0v) is 10.3. The van der Waals surface area contributed by atoms with Gasteiger partial charge in [-0.15, -0.1) is 0 Å². The highest BCUT2D eigenvalue weighted by atomic mass is 16.1. The van der Waals surface area contributed by atoms with Gasteiger partial charge in [-0.3, -0.25) is 4.79 Å². The van der Waals surface area contributed by atoms with Crippen LogP contribution in [0.4, 0.5) is 0 Å². The number of benzene rings is 1. The third-order valence-electron chi connectivity index (χ3n) is 4.26. The standard InChI is InChI=1S/C15H16N2O/c18-14-6-9-17-13-5-8-16-7-4-10(13)11-2-1-3-12(14)15(11)17/h1-3,16H,4-9H2. The first kappa shape index (κ1) is 10.3. The molecule has 0 aliphatic carbocycles. The second-order valence-electron chi connectivity index (χ2n) is 5.20. The van der Waals surface area contributed by atoms with Crippen LogP contribution < -0.4 is 5.32 Å². The second-order valence-corrected chi connectivity index (χ2v) is 5.20. The van der Waals surface area contributed by atoms with Gasteiger partial charge in [0.2, 0.25) is 0 Å². The summed E-state index contributed by atoms with van der Waals surface area (Å²) < 4.78 is 2.40. The van der Waals surface area contributed by atoms with Crippen molar-refractivity contribution < 1.29 is 4.79 Å². The lowest BCUT2D eigenvalue weighted by Gasteiger charge is -2.17. The maximum atomic E-state index is 12.0. The number of aromatic nitrogens is 1. The minimum Gasteiger partial charge on any atom is -0.343 e. The molecule has 0 amide bonds. The third kappa shape index (κ3) is 1.25. The molecule has 3 heteroatoms.